The number of rotatable bonds is 9. The fraction of sp³-hybridized carbons (Fsp3) is 0.800. The quantitative estimate of drug-likeness (QED) is 0.473. The molecule has 19 heavy (non-hydrogen) atoms. The maximum Gasteiger partial charge on any atom is 0.323 e. The molecule has 0 aliphatic carbocycles. The van der Waals surface area contributed by atoms with Crippen molar-refractivity contribution >= 4 is 6.03 Å². The molecule has 0 radical (unpaired) electrons. The normalized spacial score (nSPS) is 16.0. The fourth-order valence-electron chi connectivity index (χ4n) is 2.25. The summed E-state index contributed by atoms with van der Waals surface area (Å²) >= 11 is 0. The molecule has 4 nitrogen and oxygen atoms in total. The average molecular weight is 268 g/mol. The Labute approximate surface area is 117 Å². The summed E-state index contributed by atoms with van der Waals surface area (Å²) in [6.07, 6.45) is 7.44. The number of hydrogen-bond acceptors (Lipinski definition) is 2. The van der Waals surface area contributed by atoms with Crippen LogP contribution in [-0.2, 0) is 4.74 Å². The van der Waals surface area contributed by atoms with Crippen LogP contribution >= 0.6 is 0 Å². The van der Waals surface area contributed by atoms with Gasteiger partial charge in [-0.15, -0.1) is 0 Å². The molecule has 0 N–H and O–H groups in total. The lowest BCUT2D eigenvalue weighted by molar-refractivity contribution is -0.0489. The predicted molar refractivity (Wildman–Crippen MR) is 77.8 cm³/mol. The van der Waals surface area contributed by atoms with Gasteiger partial charge in [-0.2, -0.15) is 0 Å². The number of hydrogen-bond donors (Lipinski definition) is 0. The topological polar surface area (TPSA) is 32.8 Å². The van der Waals surface area contributed by atoms with Crippen molar-refractivity contribution in [1.82, 2.24) is 9.80 Å². The molecule has 0 aromatic rings. The summed E-state index contributed by atoms with van der Waals surface area (Å²) in [6, 6.07) is 0.0859. The van der Waals surface area contributed by atoms with Crippen LogP contribution in [0.4, 0.5) is 4.79 Å². The van der Waals surface area contributed by atoms with Gasteiger partial charge in [0, 0.05) is 13.1 Å². The average Bonchev–Trinajstić information content (AvgIpc) is 2.37. The summed E-state index contributed by atoms with van der Waals surface area (Å²) < 4.78 is 5.45. The third kappa shape index (κ3) is 6.10. The molecule has 110 valence electrons. The van der Waals surface area contributed by atoms with E-state index in [4.69, 9.17) is 4.74 Å². The van der Waals surface area contributed by atoms with Crippen molar-refractivity contribution in [2.75, 3.05) is 26.6 Å². The second-order valence-electron chi connectivity index (χ2n) is 5.43. The minimum atomic E-state index is 0.0859. The van der Waals surface area contributed by atoms with Gasteiger partial charge < -0.3 is 9.64 Å². The molecule has 0 unspecified atom stereocenters. The lowest BCUT2D eigenvalue weighted by atomic mass is 10.1. The smallest absolute Gasteiger partial charge is 0.323 e. The lowest BCUT2D eigenvalue weighted by Gasteiger charge is -2.35. The summed E-state index contributed by atoms with van der Waals surface area (Å²) in [4.78, 5) is 15.7. The molecule has 1 heterocycles. The molecule has 0 spiro atoms. The molecule has 1 rings (SSSR count). The highest BCUT2D eigenvalue weighted by atomic mass is 16.5. The van der Waals surface area contributed by atoms with Crippen molar-refractivity contribution < 1.29 is 9.53 Å². The molecular weight excluding hydrogens is 240 g/mol. The van der Waals surface area contributed by atoms with Crippen LogP contribution in [0.15, 0.2) is 12.2 Å². The summed E-state index contributed by atoms with van der Waals surface area (Å²) in [5.41, 5.74) is 0.985. The van der Waals surface area contributed by atoms with E-state index in [9.17, 15) is 4.79 Å². The minimum Gasteiger partial charge on any atom is -0.341 e. The zero-order chi connectivity index (χ0) is 14.1. The van der Waals surface area contributed by atoms with Gasteiger partial charge >= 0.3 is 6.03 Å². The van der Waals surface area contributed by atoms with Crippen LogP contribution < -0.4 is 0 Å². The van der Waals surface area contributed by atoms with Gasteiger partial charge in [-0.3, -0.25) is 4.90 Å². The van der Waals surface area contributed by atoms with Gasteiger partial charge in [0.15, 0.2) is 0 Å². The van der Waals surface area contributed by atoms with Gasteiger partial charge in [0.25, 0.3) is 0 Å². The van der Waals surface area contributed by atoms with Crippen LogP contribution in [-0.4, -0.2) is 42.4 Å². The summed E-state index contributed by atoms with van der Waals surface area (Å²) in [7, 11) is 0. The van der Waals surface area contributed by atoms with Crippen molar-refractivity contribution in [2.45, 2.75) is 52.4 Å². The molecule has 1 aliphatic rings. The van der Waals surface area contributed by atoms with Gasteiger partial charge in [-0.1, -0.05) is 51.2 Å². The molecule has 0 aromatic heterocycles. The van der Waals surface area contributed by atoms with Crippen LogP contribution in [0.25, 0.3) is 0 Å². The van der Waals surface area contributed by atoms with Crippen molar-refractivity contribution in [3.8, 4) is 0 Å². The monoisotopic (exact) mass is 268 g/mol. The third-order valence-corrected chi connectivity index (χ3v) is 3.28. The van der Waals surface area contributed by atoms with Gasteiger partial charge in [-0.05, 0) is 13.3 Å². The van der Waals surface area contributed by atoms with Gasteiger partial charge in [0.2, 0.25) is 0 Å². The predicted octanol–water partition coefficient (Wildman–Crippen LogP) is 3.59. The van der Waals surface area contributed by atoms with E-state index in [0.29, 0.717) is 20.0 Å². The zero-order valence-corrected chi connectivity index (χ0v) is 12.5. The van der Waals surface area contributed by atoms with E-state index in [1.165, 1.54) is 32.1 Å². The highest BCUT2D eigenvalue weighted by Gasteiger charge is 2.25. The number of carbonyl (C=O) groups is 1. The maximum absolute atomic E-state index is 12.2. The zero-order valence-electron chi connectivity index (χ0n) is 12.5. The van der Waals surface area contributed by atoms with E-state index in [0.717, 1.165) is 18.5 Å². The molecule has 1 aliphatic heterocycles. The first-order chi connectivity index (χ1) is 9.15. The fourth-order valence-corrected chi connectivity index (χ4v) is 2.25. The highest BCUT2D eigenvalue weighted by molar-refractivity contribution is 5.74. The van der Waals surface area contributed by atoms with E-state index in [2.05, 4.69) is 13.5 Å². The number of nitrogens with zero attached hydrogens (tertiary/aromatic N) is 2. The van der Waals surface area contributed by atoms with E-state index in [1.54, 1.807) is 9.80 Å². The Morgan fingerprint density at radius 1 is 1.16 bits per heavy atom. The third-order valence-electron chi connectivity index (χ3n) is 3.28. The molecule has 1 fully saturated rings. The molecule has 0 saturated carbocycles. The molecule has 0 bridgehead atoms. The standard InChI is InChI=1S/C15H28N2O2/c1-4-5-6-7-8-9-10-16-12-19-13-17(15(16)18)11-14(2)3/h2,4-13H2,1,3H3. The number of ether oxygens (including phenoxy) is 1. The van der Waals surface area contributed by atoms with E-state index in [1.807, 2.05) is 6.92 Å². The van der Waals surface area contributed by atoms with Crippen molar-refractivity contribution in [1.29, 1.82) is 0 Å². The van der Waals surface area contributed by atoms with Crippen LogP contribution in [0.3, 0.4) is 0 Å². The Kier molecular flexibility index (Phi) is 7.56. The summed E-state index contributed by atoms with van der Waals surface area (Å²) in [5.74, 6) is 0. The second-order valence-corrected chi connectivity index (χ2v) is 5.43. The maximum atomic E-state index is 12.2. The van der Waals surface area contributed by atoms with Gasteiger partial charge in [0.1, 0.15) is 13.5 Å². The molecule has 2 amide bonds. The molecule has 4 heteroatoms. The number of carbonyl (C=O) groups excluding carboxylic acids is 1. The highest BCUT2D eigenvalue weighted by Crippen LogP contribution is 2.11. The SMILES string of the molecule is C=C(C)CN1COCN(CCCCCCCC)C1=O. The van der Waals surface area contributed by atoms with E-state index < -0.39 is 0 Å². The molecule has 0 aromatic carbocycles. The Morgan fingerprint density at radius 2 is 1.79 bits per heavy atom. The minimum absolute atomic E-state index is 0.0859. The second kappa shape index (κ2) is 8.97. The number of amides is 2. The van der Waals surface area contributed by atoms with Crippen LogP contribution in [0.5, 0.6) is 0 Å². The van der Waals surface area contributed by atoms with E-state index >= 15 is 0 Å². The van der Waals surface area contributed by atoms with Gasteiger partial charge in [-0.25, -0.2) is 4.79 Å². The Balaban J connectivity index is 2.21. The van der Waals surface area contributed by atoms with Gasteiger partial charge in [0.05, 0.1) is 0 Å². The van der Waals surface area contributed by atoms with Crippen LogP contribution in [0, 0.1) is 0 Å². The van der Waals surface area contributed by atoms with Crippen molar-refractivity contribution in [3.63, 3.8) is 0 Å². The van der Waals surface area contributed by atoms with Crippen LogP contribution in [0.2, 0.25) is 0 Å². The van der Waals surface area contributed by atoms with E-state index in [-0.39, 0.29) is 6.03 Å². The largest absolute Gasteiger partial charge is 0.341 e. The molecule has 0 atom stereocenters. The number of urea groups is 1. The first-order valence-electron chi connectivity index (χ1n) is 7.41. The Hall–Kier alpha value is -1.03. The summed E-state index contributed by atoms with van der Waals surface area (Å²) in [5, 5.41) is 0. The number of unbranched alkanes of at least 4 members (excludes halogenated alkanes) is 5. The van der Waals surface area contributed by atoms with Crippen molar-refractivity contribution in [2.24, 2.45) is 0 Å². The molecular formula is C15H28N2O2. The van der Waals surface area contributed by atoms with Crippen molar-refractivity contribution in [3.05, 3.63) is 12.2 Å². The molecule has 1 saturated heterocycles. The first kappa shape index (κ1) is 16.0. The Bertz CT molecular complexity index is 292. The first-order valence-corrected chi connectivity index (χ1v) is 7.41. The Morgan fingerprint density at radius 3 is 2.47 bits per heavy atom. The van der Waals surface area contributed by atoms with Crippen LogP contribution in [0.1, 0.15) is 52.4 Å². The lowest BCUT2D eigenvalue weighted by Crippen LogP contribution is -2.51. The summed E-state index contributed by atoms with van der Waals surface area (Å²) in [6.45, 7) is 10.2.